The number of alkyl halides is 3. The van der Waals surface area contributed by atoms with E-state index in [9.17, 15) is 34.4 Å². The van der Waals surface area contributed by atoms with Crippen LogP contribution in [0.1, 0.15) is 5.56 Å². The highest BCUT2D eigenvalue weighted by Gasteiger charge is 2.34. The lowest BCUT2D eigenvalue weighted by atomic mass is 10.0. The first-order valence-electron chi connectivity index (χ1n) is 9.14. The van der Waals surface area contributed by atoms with Crippen molar-refractivity contribution < 1.29 is 42.9 Å². The molecule has 0 atom stereocenters. The molecule has 17 heteroatoms. The first-order chi connectivity index (χ1) is 16.2. The lowest BCUT2D eigenvalue weighted by Crippen LogP contribution is -2.34. The molecule has 188 valence electrons. The van der Waals surface area contributed by atoms with Crippen LogP contribution < -0.4 is 11.2 Å². The largest absolute Gasteiger partial charge is 0.417 e. The van der Waals surface area contributed by atoms with Gasteiger partial charge in [-0.2, -0.15) is 35.0 Å². The van der Waals surface area contributed by atoms with E-state index < -0.39 is 60.9 Å². The molecule has 0 saturated carbocycles. The molecule has 0 aliphatic carbocycles. The molecule has 3 aromatic rings. The summed E-state index contributed by atoms with van der Waals surface area (Å²) < 4.78 is 108. The molecule has 0 aliphatic rings. The fourth-order valence-corrected chi connectivity index (χ4v) is 4.17. The number of hydrogen-bond acceptors (Lipinski definition) is 9. The van der Waals surface area contributed by atoms with Gasteiger partial charge in [0.1, 0.15) is 11.5 Å². The van der Waals surface area contributed by atoms with Crippen LogP contribution >= 0.6 is 0 Å². The summed E-state index contributed by atoms with van der Waals surface area (Å²) in [6.45, 7) is 0. The molecule has 35 heavy (non-hydrogen) atoms. The molecular weight excluding hydrogens is 522 g/mol. The van der Waals surface area contributed by atoms with E-state index in [0.29, 0.717) is 6.26 Å². The molecule has 0 aliphatic heterocycles. The van der Waals surface area contributed by atoms with Gasteiger partial charge < -0.3 is 5.73 Å². The summed E-state index contributed by atoms with van der Waals surface area (Å²) in [5.74, 6) is -3.47. The third-order valence-electron chi connectivity index (χ3n) is 4.12. The van der Waals surface area contributed by atoms with Crippen molar-refractivity contribution in [2.75, 3.05) is 12.2 Å². The van der Waals surface area contributed by atoms with Crippen molar-refractivity contribution in [1.29, 1.82) is 0 Å². The molecule has 2 aromatic carbocycles. The van der Waals surface area contributed by atoms with Crippen LogP contribution in [0.25, 0.3) is 22.0 Å². The Bertz CT molecular complexity index is 1490. The van der Waals surface area contributed by atoms with Gasteiger partial charge in [0.25, 0.3) is 10.1 Å². The van der Waals surface area contributed by atoms with Gasteiger partial charge in [-0.3, -0.25) is 4.18 Å². The van der Waals surface area contributed by atoms with Crippen molar-refractivity contribution >= 4 is 42.8 Å². The van der Waals surface area contributed by atoms with Crippen LogP contribution in [0, 0.1) is 5.82 Å². The van der Waals surface area contributed by atoms with Crippen molar-refractivity contribution in [2.45, 2.75) is 6.18 Å². The predicted octanol–water partition coefficient (Wildman–Crippen LogP) is 2.19. The summed E-state index contributed by atoms with van der Waals surface area (Å²) in [6, 6.07) is 8.00. The smallest absolute Gasteiger partial charge is 0.368 e. The van der Waals surface area contributed by atoms with Gasteiger partial charge in [-0.25, -0.2) is 9.87 Å². The van der Waals surface area contributed by atoms with Gasteiger partial charge in [-0.15, -0.1) is 14.5 Å². The van der Waals surface area contributed by atoms with Crippen molar-refractivity contribution in [3.63, 3.8) is 0 Å². The Balaban J connectivity index is 2.04. The quantitative estimate of drug-likeness (QED) is 0.150. The van der Waals surface area contributed by atoms with Crippen molar-refractivity contribution in [2.24, 2.45) is 10.7 Å². The van der Waals surface area contributed by atoms with Crippen molar-refractivity contribution in [3.8, 4) is 11.3 Å². The second-order valence-electron chi connectivity index (χ2n) is 6.78. The maximum Gasteiger partial charge on any atom is 0.417 e. The fraction of sp³-hybridized carbons (Fsp3) is 0.167. The number of hydrogen-bond donors (Lipinski definition) is 2. The number of nitrogens with two attached hydrogens (primary N) is 1. The summed E-state index contributed by atoms with van der Waals surface area (Å²) in [5.41, 5.74) is 6.29. The lowest BCUT2D eigenvalue weighted by Gasteiger charge is -2.14. The monoisotopic (exact) mass is 537 g/mol. The van der Waals surface area contributed by atoms with E-state index in [-0.39, 0.29) is 16.6 Å². The number of guanidine groups is 1. The van der Waals surface area contributed by atoms with Gasteiger partial charge in [0.05, 0.1) is 11.8 Å². The molecule has 11 nitrogen and oxygen atoms in total. The van der Waals surface area contributed by atoms with E-state index in [1.807, 2.05) is 0 Å². The van der Waals surface area contributed by atoms with E-state index in [0.717, 1.165) is 24.3 Å². The average Bonchev–Trinajstić information content (AvgIpc) is 2.76. The van der Waals surface area contributed by atoms with Gasteiger partial charge in [0.15, 0.2) is 11.8 Å². The van der Waals surface area contributed by atoms with E-state index in [1.54, 1.807) is 5.48 Å². The Kier molecular flexibility index (Phi) is 7.25. The zero-order chi connectivity index (χ0) is 26.0. The number of benzene rings is 2. The number of nitrogens with zero attached hydrogens (tertiary/aromatic N) is 3. The Morgan fingerprint density at radius 1 is 1.09 bits per heavy atom. The third-order valence-corrected chi connectivity index (χ3v) is 5.56. The summed E-state index contributed by atoms with van der Waals surface area (Å²) >= 11 is 0. The molecule has 1 aromatic heterocycles. The maximum atomic E-state index is 13.7. The maximum absolute atomic E-state index is 13.7. The average molecular weight is 537 g/mol. The van der Waals surface area contributed by atoms with Gasteiger partial charge in [-0.1, -0.05) is 12.1 Å². The summed E-state index contributed by atoms with van der Waals surface area (Å²) in [5, 5.41) is 6.97. The topological polar surface area (TPSA) is 163 Å². The van der Waals surface area contributed by atoms with Crippen molar-refractivity contribution in [3.05, 3.63) is 53.8 Å². The molecule has 0 spiro atoms. The number of halogens is 4. The van der Waals surface area contributed by atoms with Gasteiger partial charge in [0, 0.05) is 16.3 Å². The normalized spacial score (nSPS) is 13.2. The van der Waals surface area contributed by atoms with Crippen LogP contribution in [0.15, 0.2) is 47.5 Å². The Hall–Kier alpha value is -3.41. The number of rotatable bonds is 7. The minimum atomic E-state index is -4.85. The number of fused-ring (bicyclic) bond motifs is 1. The Labute approximate surface area is 195 Å². The first kappa shape index (κ1) is 26.2. The molecular formula is C18H15F4N5O6S2. The van der Waals surface area contributed by atoms with Gasteiger partial charge in [-0.05, 0) is 30.3 Å². The minimum Gasteiger partial charge on any atom is -0.368 e. The molecule has 3 rings (SSSR count). The highest BCUT2D eigenvalue weighted by atomic mass is 32.2. The van der Waals surface area contributed by atoms with Gasteiger partial charge >= 0.3 is 16.3 Å². The standard InChI is InChI=1S/C18H15F4N5O6S2/c1-34(28,29)32-9-35(30,31)33-27-17(23)24-16-14-12(3-2-4-13(14)18(20,21)22)15(25-26-16)10-5-7-11(19)8-6-10/h2-8H,9H2,1H3,(H3,23,24,26,27). The first-order valence-corrected chi connectivity index (χ1v) is 12.5. The molecule has 0 fully saturated rings. The molecule has 0 radical (unpaired) electrons. The molecule has 0 saturated heterocycles. The molecule has 1 heterocycles. The number of hydroxylamine groups is 1. The van der Waals surface area contributed by atoms with Crippen LogP contribution in [0.5, 0.6) is 0 Å². The summed E-state index contributed by atoms with van der Waals surface area (Å²) in [6.07, 6.45) is -4.25. The summed E-state index contributed by atoms with van der Waals surface area (Å²) in [7, 11) is -8.75. The van der Waals surface area contributed by atoms with Crippen LogP contribution in [-0.2, 0) is 34.9 Å². The zero-order valence-corrected chi connectivity index (χ0v) is 19.1. The highest BCUT2D eigenvalue weighted by molar-refractivity contribution is 7.89. The second-order valence-corrected chi connectivity index (χ2v) is 9.95. The van der Waals surface area contributed by atoms with E-state index in [4.69, 9.17) is 5.73 Å². The number of nitrogens with one attached hydrogen (secondary N) is 1. The molecule has 3 N–H and O–H groups in total. The van der Waals surface area contributed by atoms with Gasteiger partial charge in [0.2, 0.25) is 5.96 Å². The minimum absolute atomic E-state index is 0.00617. The Morgan fingerprint density at radius 2 is 1.74 bits per heavy atom. The molecule has 0 amide bonds. The number of aromatic nitrogens is 2. The van der Waals surface area contributed by atoms with E-state index in [2.05, 4.69) is 23.7 Å². The summed E-state index contributed by atoms with van der Waals surface area (Å²) in [4.78, 5) is 3.62. The fourth-order valence-electron chi connectivity index (χ4n) is 2.74. The van der Waals surface area contributed by atoms with Crippen LogP contribution in [0.4, 0.5) is 23.4 Å². The number of aliphatic imine (C=N–C) groups is 1. The van der Waals surface area contributed by atoms with Crippen molar-refractivity contribution in [1.82, 2.24) is 15.7 Å². The van der Waals surface area contributed by atoms with Crippen LogP contribution in [0.2, 0.25) is 0 Å². The predicted molar refractivity (Wildman–Crippen MR) is 115 cm³/mol. The zero-order valence-electron chi connectivity index (χ0n) is 17.4. The third kappa shape index (κ3) is 6.81. The molecule has 0 bridgehead atoms. The van der Waals surface area contributed by atoms with Crippen LogP contribution in [0.3, 0.4) is 0 Å². The SMILES string of the molecule is CS(=O)(=O)OCS(=O)(=O)ONC(N)=Nc1nnc(-c2ccc(F)cc2)c2cccc(C(F)(F)F)c12. The second kappa shape index (κ2) is 9.68. The Morgan fingerprint density at radius 3 is 2.34 bits per heavy atom. The highest BCUT2D eigenvalue weighted by Crippen LogP contribution is 2.40. The van der Waals surface area contributed by atoms with E-state index in [1.165, 1.54) is 18.2 Å². The lowest BCUT2D eigenvalue weighted by molar-refractivity contribution is -0.136. The molecule has 0 unspecified atom stereocenters. The van der Waals surface area contributed by atoms with E-state index >= 15 is 0 Å². The van der Waals surface area contributed by atoms with Crippen LogP contribution in [-0.4, -0.2) is 45.2 Å².